The van der Waals surface area contributed by atoms with E-state index in [1.807, 2.05) is 38.2 Å². The molecule has 2 heterocycles. The Labute approximate surface area is 237 Å². The van der Waals surface area contributed by atoms with Crippen molar-refractivity contribution in [3.8, 4) is 23.3 Å². The van der Waals surface area contributed by atoms with Gasteiger partial charge in [-0.15, -0.1) is 0 Å². The topological polar surface area (TPSA) is 73.2 Å². The largest absolute Gasteiger partial charge is 0.504 e. The monoisotopic (exact) mass is 540 g/mol. The lowest BCUT2D eigenvalue weighted by molar-refractivity contribution is -0.228. The number of ether oxygens (including phenoxy) is 1. The molecule has 7 rings (SSSR count). The summed E-state index contributed by atoms with van der Waals surface area (Å²) in [5.74, 6) is 7.08. The number of aliphatic hydroxyl groups is 1. The maximum Gasteiger partial charge on any atom is 0.298 e. The van der Waals surface area contributed by atoms with E-state index in [2.05, 4.69) is 30.6 Å². The third-order valence-electron chi connectivity index (χ3n) is 11.1. The minimum absolute atomic E-state index is 0.00578. The van der Waals surface area contributed by atoms with Gasteiger partial charge in [0.05, 0.1) is 17.1 Å². The van der Waals surface area contributed by atoms with Gasteiger partial charge in [0, 0.05) is 36.7 Å². The zero-order valence-corrected chi connectivity index (χ0v) is 24.0. The summed E-state index contributed by atoms with van der Waals surface area (Å²) in [6.07, 6.45) is 5.10. The second-order valence-electron chi connectivity index (χ2n) is 13.1. The van der Waals surface area contributed by atoms with E-state index in [1.165, 1.54) is 24.0 Å². The number of rotatable bonds is 4. The van der Waals surface area contributed by atoms with Crippen LogP contribution in [0.3, 0.4) is 0 Å². The van der Waals surface area contributed by atoms with Crippen molar-refractivity contribution in [2.45, 2.75) is 88.5 Å². The van der Waals surface area contributed by atoms with Crippen LogP contribution in [0.15, 0.2) is 30.3 Å². The lowest BCUT2D eigenvalue weighted by atomic mass is 9.45. The number of carbonyl (C=O) groups excluding carboxylic acids is 1. The predicted molar refractivity (Wildman–Crippen MR) is 153 cm³/mol. The van der Waals surface area contributed by atoms with E-state index in [9.17, 15) is 15.0 Å². The number of hydrogen-bond acceptors (Lipinski definition) is 5. The van der Waals surface area contributed by atoms with E-state index in [4.69, 9.17) is 4.74 Å². The third-order valence-corrected chi connectivity index (χ3v) is 11.1. The normalized spacial score (nSPS) is 33.4. The van der Waals surface area contributed by atoms with Gasteiger partial charge in [0.15, 0.2) is 11.5 Å². The molecule has 0 aromatic heterocycles. The standard InChI is InChI=1S/C34H40N2O4/c1-5-25-18-26(35(4)29(38)13-10-22-7-6-20(2)21(3)16-22)32-33-14-15-36(19-23-8-9-23)28(34(25,33)39)17-24-11-12-27(37)31(40-32)30(24)33/h6-7,11-12,16,23,25-26,28,32,37,39H,5,8-9,14-15,17-19H2,1-4H3/t25-,26+,28+,32+,33-,34+/m0/s1. The molecule has 6 nitrogen and oxygen atoms in total. The molecular formula is C34H40N2O4. The molecule has 1 amide bonds. The van der Waals surface area contributed by atoms with Crippen molar-refractivity contribution < 1.29 is 19.7 Å². The first-order chi connectivity index (χ1) is 19.2. The molecular weight excluding hydrogens is 500 g/mol. The number of aryl methyl sites for hydroxylation is 2. The van der Waals surface area contributed by atoms with Crippen molar-refractivity contribution in [2.75, 3.05) is 20.1 Å². The Bertz CT molecular complexity index is 1450. The first-order valence-electron chi connectivity index (χ1n) is 15.0. The Kier molecular flexibility index (Phi) is 5.83. The number of phenols is 1. The number of aromatic hydroxyl groups is 1. The molecule has 0 unspecified atom stereocenters. The summed E-state index contributed by atoms with van der Waals surface area (Å²) >= 11 is 0. The summed E-state index contributed by atoms with van der Waals surface area (Å²) in [7, 11) is 1.82. The van der Waals surface area contributed by atoms with Crippen LogP contribution < -0.4 is 4.74 Å². The second-order valence-corrected chi connectivity index (χ2v) is 13.1. The van der Waals surface area contributed by atoms with Crippen molar-refractivity contribution in [3.63, 3.8) is 0 Å². The highest BCUT2D eigenvalue weighted by Gasteiger charge is 2.75. The molecule has 1 saturated heterocycles. The maximum atomic E-state index is 13.6. The highest BCUT2D eigenvalue weighted by atomic mass is 16.5. The highest BCUT2D eigenvalue weighted by Crippen LogP contribution is 2.67. The van der Waals surface area contributed by atoms with E-state index in [-0.39, 0.29) is 29.7 Å². The molecule has 210 valence electrons. The van der Waals surface area contributed by atoms with Crippen LogP contribution in [0.5, 0.6) is 11.5 Å². The van der Waals surface area contributed by atoms with Gasteiger partial charge in [-0.1, -0.05) is 31.4 Å². The molecule has 6 atom stereocenters. The molecule has 3 fully saturated rings. The molecule has 2 aromatic rings. The Morgan fingerprint density at radius 2 is 2.00 bits per heavy atom. The Hall–Kier alpha value is -3.01. The van der Waals surface area contributed by atoms with Crippen LogP contribution in [0.2, 0.25) is 0 Å². The van der Waals surface area contributed by atoms with Crippen molar-refractivity contribution in [1.29, 1.82) is 0 Å². The summed E-state index contributed by atoms with van der Waals surface area (Å²) in [4.78, 5) is 17.9. The molecule has 2 bridgehead atoms. The van der Waals surface area contributed by atoms with Gasteiger partial charge in [-0.25, -0.2) is 0 Å². The quantitative estimate of drug-likeness (QED) is 0.572. The number of carbonyl (C=O) groups is 1. The number of likely N-dealkylation sites (tertiary alicyclic amines) is 1. The predicted octanol–water partition coefficient (Wildman–Crippen LogP) is 4.09. The van der Waals surface area contributed by atoms with E-state index >= 15 is 0 Å². The number of benzene rings is 2. The van der Waals surface area contributed by atoms with E-state index < -0.39 is 17.1 Å². The molecule has 5 aliphatic rings. The number of amides is 1. The SMILES string of the molecule is CC[C@H]1C[C@@H](N(C)C(=O)C#Cc2ccc(C)c(C)c2)[C@H]2Oc3c(O)ccc4c3[C@@]23CCN(CC2CC2)[C@H](C4)[C@]13O. The second kappa shape index (κ2) is 8.99. The van der Waals surface area contributed by atoms with Gasteiger partial charge in [0.1, 0.15) is 6.10 Å². The molecule has 2 N–H and O–H groups in total. The summed E-state index contributed by atoms with van der Waals surface area (Å²) in [6.45, 7) is 8.21. The molecule has 6 heteroatoms. The maximum absolute atomic E-state index is 13.6. The van der Waals surface area contributed by atoms with Crippen LogP contribution in [-0.2, 0) is 16.6 Å². The van der Waals surface area contributed by atoms with Gasteiger partial charge in [0.2, 0.25) is 0 Å². The molecule has 1 spiro atoms. The van der Waals surface area contributed by atoms with Gasteiger partial charge in [-0.05, 0) is 99.2 Å². The van der Waals surface area contributed by atoms with E-state index in [0.717, 1.165) is 55.0 Å². The van der Waals surface area contributed by atoms with Gasteiger partial charge in [0.25, 0.3) is 5.91 Å². The van der Waals surface area contributed by atoms with Crippen molar-refractivity contribution in [1.82, 2.24) is 9.80 Å². The highest BCUT2D eigenvalue weighted by molar-refractivity contribution is 5.94. The molecule has 2 aromatic carbocycles. The first-order valence-corrected chi connectivity index (χ1v) is 15.0. The van der Waals surface area contributed by atoms with Crippen LogP contribution in [-0.4, -0.2) is 69.8 Å². The van der Waals surface area contributed by atoms with Crippen LogP contribution >= 0.6 is 0 Å². The average molecular weight is 541 g/mol. The Balaban J connectivity index is 1.29. The summed E-state index contributed by atoms with van der Waals surface area (Å²) in [6, 6.07) is 9.51. The van der Waals surface area contributed by atoms with Crippen LogP contribution in [0.25, 0.3) is 0 Å². The van der Waals surface area contributed by atoms with Crippen LogP contribution in [0, 0.1) is 37.5 Å². The number of phenolic OH excluding ortho intramolecular Hbond substituents is 1. The minimum Gasteiger partial charge on any atom is -0.504 e. The minimum atomic E-state index is -0.989. The van der Waals surface area contributed by atoms with Gasteiger partial charge >= 0.3 is 0 Å². The van der Waals surface area contributed by atoms with Gasteiger partial charge in [-0.2, -0.15) is 0 Å². The molecule has 2 saturated carbocycles. The van der Waals surface area contributed by atoms with Crippen LogP contribution in [0.4, 0.5) is 0 Å². The fourth-order valence-electron chi connectivity index (χ4n) is 8.71. The fraction of sp³-hybridized carbons (Fsp3) is 0.559. The van der Waals surface area contributed by atoms with E-state index in [0.29, 0.717) is 12.2 Å². The number of hydrogen-bond donors (Lipinski definition) is 2. The van der Waals surface area contributed by atoms with Gasteiger partial charge < -0.3 is 19.8 Å². The molecule has 3 aliphatic carbocycles. The smallest absolute Gasteiger partial charge is 0.298 e. The summed E-state index contributed by atoms with van der Waals surface area (Å²) < 4.78 is 6.70. The Morgan fingerprint density at radius 1 is 1.20 bits per heavy atom. The van der Waals surface area contributed by atoms with Crippen molar-refractivity contribution in [3.05, 3.63) is 58.1 Å². The summed E-state index contributed by atoms with van der Waals surface area (Å²) in [5, 5.41) is 24.0. The number of nitrogens with zero attached hydrogens (tertiary/aromatic N) is 2. The first kappa shape index (κ1) is 25.9. The van der Waals surface area contributed by atoms with Crippen molar-refractivity contribution in [2.24, 2.45) is 11.8 Å². The zero-order valence-electron chi connectivity index (χ0n) is 24.0. The lowest BCUT2D eigenvalue weighted by Crippen LogP contribution is -2.81. The molecule has 0 radical (unpaired) electrons. The molecule has 2 aliphatic heterocycles. The average Bonchev–Trinajstić information content (AvgIpc) is 3.68. The fourth-order valence-corrected chi connectivity index (χ4v) is 8.71. The zero-order chi connectivity index (χ0) is 28.0. The van der Waals surface area contributed by atoms with E-state index in [1.54, 1.807) is 11.0 Å². The third kappa shape index (κ3) is 3.47. The molecule has 40 heavy (non-hydrogen) atoms. The van der Waals surface area contributed by atoms with Gasteiger partial charge in [-0.3, -0.25) is 9.69 Å². The number of likely N-dealkylation sites (N-methyl/N-ethyl adjacent to an activating group) is 1. The lowest BCUT2D eigenvalue weighted by Gasteiger charge is -2.67. The van der Waals surface area contributed by atoms with Crippen LogP contribution in [0.1, 0.15) is 66.8 Å². The number of piperidine rings is 1. The summed E-state index contributed by atoms with van der Waals surface area (Å²) in [5.41, 5.74) is 3.68. The van der Waals surface area contributed by atoms with Crippen molar-refractivity contribution >= 4 is 5.91 Å². The Morgan fingerprint density at radius 3 is 2.73 bits per heavy atom.